The minimum atomic E-state index is -3.53. The minimum Gasteiger partial charge on any atom is -0.476 e. The van der Waals surface area contributed by atoms with Gasteiger partial charge in [-0.15, -0.1) is 0 Å². The van der Waals surface area contributed by atoms with Crippen molar-refractivity contribution in [3.63, 3.8) is 0 Å². The van der Waals surface area contributed by atoms with Gasteiger partial charge in [0.15, 0.2) is 5.15 Å². The Labute approximate surface area is 151 Å². The lowest BCUT2D eigenvalue weighted by molar-refractivity contribution is 0.126. The average molecular weight is 386 g/mol. The van der Waals surface area contributed by atoms with Gasteiger partial charge in [0.2, 0.25) is 15.9 Å². The first-order valence-corrected chi connectivity index (χ1v) is 9.79. The number of aryl methyl sites for hydroxylation is 2. The van der Waals surface area contributed by atoms with Crippen LogP contribution in [0.4, 0.5) is 0 Å². The first kappa shape index (κ1) is 18.1. The van der Waals surface area contributed by atoms with E-state index in [9.17, 15) is 8.42 Å². The van der Waals surface area contributed by atoms with Crippen molar-refractivity contribution in [3.8, 4) is 5.88 Å². The topological polar surface area (TPSA) is 90.2 Å². The van der Waals surface area contributed by atoms with Gasteiger partial charge in [0.25, 0.3) is 0 Å². The van der Waals surface area contributed by atoms with Crippen LogP contribution in [-0.4, -0.2) is 52.2 Å². The number of nitrogens with zero attached hydrogens (tertiary/aromatic N) is 5. The summed E-state index contributed by atoms with van der Waals surface area (Å²) in [5, 5.41) is 4.56. The van der Waals surface area contributed by atoms with Gasteiger partial charge in [-0.25, -0.2) is 8.42 Å². The summed E-state index contributed by atoms with van der Waals surface area (Å²) in [4.78, 5) is 8.20. The summed E-state index contributed by atoms with van der Waals surface area (Å²) in [6.07, 6.45) is 2.90. The fourth-order valence-corrected chi connectivity index (χ4v) is 5.02. The van der Waals surface area contributed by atoms with Crippen LogP contribution in [0.5, 0.6) is 5.88 Å². The third-order valence-electron chi connectivity index (χ3n) is 4.19. The molecular weight excluding hydrogens is 366 g/mol. The molecule has 1 saturated heterocycles. The van der Waals surface area contributed by atoms with E-state index < -0.39 is 10.0 Å². The SMILES string of the molecule is CCn1nc(C)c(S(=O)(=O)N2CC(COc3cncc(Cl)n3)C2)c1C. The number of sulfonamides is 1. The van der Waals surface area contributed by atoms with Crippen LogP contribution in [0.2, 0.25) is 5.15 Å². The predicted octanol–water partition coefficient (Wildman–Crippen LogP) is 1.66. The highest BCUT2D eigenvalue weighted by Crippen LogP contribution is 2.29. The smallest absolute Gasteiger partial charge is 0.246 e. The molecule has 0 amide bonds. The third-order valence-corrected chi connectivity index (χ3v) is 6.45. The van der Waals surface area contributed by atoms with E-state index >= 15 is 0 Å². The number of ether oxygens (including phenoxy) is 1. The fourth-order valence-electron chi connectivity index (χ4n) is 2.91. The van der Waals surface area contributed by atoms with Crippen LogP contribution in [0.1, 0.15) is 18.3 Å². The normalized spacial score (nSPS) is 16.0. The Hall–Kier alpha value is -1.71. The summed E-state index contributed by atoms with van der Waals surface area (Å²) in [6.45, 7) is 7.27. The fraction of sp³-hybridized carbons (Fsp3) is 0.533. The lowest BCUT2D eigenvalue weighted by atomic mass is 10.1. The summed E-state index contributed by atoms with van der Waals surface area (Å²) >= 11 is 5.75. The summed E-state index contributed by atoms with van der Waals surface area (Å²) in [5.74, 6) is 0.446. The zero-order valence-corrected chi connectivity index (χ0v) is 15.9. The molecular formula is C15H20ClN5O3S. The Morgan fingerprint density at radius 3 is 2.64 bits per heavy atom. The van der Waals surface area contributed by atoms with Gasteiger partial charge >= 0.3 is 0 Å². The van der Waals surface area contributed by atoms with Gasteiger partial charge in [0.05, 0.1) is 30.4 Å². The second-order valence-corrected chi connectivity index (χ2v) is 8.26. The molecule has 3 rings (SSSR count). The molecule has 25 heavy (non-hydrogen) atoms. The quantitative estimate of drug-likeness (QED) is 0.751. The molecule has 3 heterocycles. The molecule has 8 nitrogen and oxygen atoms in total. The maximum absolute atomic E-state index is 12.8. The van der Waals surface area contributed by atoms with Crippen molar-refractivity contribution in [3.05, 3.63) is 28.9 Å². The molecule has 2 aromatic heterocycles. The Balaban J connectivity index is 1.63. The second-order valence-electron chi connectivity index (χ2n) is 5.99. The van der Waals surface area contributed by atoms with Crippen LogP contribution in [0.15, 0.2) is 17.3 Å². The van der Waals surface area contributed by atoms with E-state index in [-0.39, 0.29) is 11.1 Å². The van der Waals surface area contributed by atoms with Gasteiger partial charge < -0.3 is 4.74 Å². The number of aromatic nitrogens is 4. The molecule has 10 heteroatoms. The monoisotopic (exact) mass is 385 g/mol. The molecule has 0 atom stereocenters. The van der Waals surface area contributed by atoms with Gasteiger partial charge in [-0.3, -0.25) is 9.67 Å². The molecule has 2 aromatic rings. The molecule has 0 N–H and O–H groups in total. The van der Waals surface area contributed by atoms with Crippen molar-refractivity contribution < 1.29 is 13.2 Å². The number of halogens is 1. The van der Waals surface area contributed by atoms with E-state index in [1.54, 1.807) is 18.5 Å². The molecule has 1 fully saturated rings. The van der Waals surface area contributed by atoms with Crippen molar-refractivity contribution in [2.45, 2.75) is 32.2 Å². The Morgan fingerprint density at radius 2 is 2.04 bits per heavy atom. The van der Waals surface area contributed by atoms with Gasteiger partial charge in [0, 0.05) is 25.6 Å². The summed E-state index contributed by atoms with van der Waals surface area (Å²) in [5.41, 5.74) is 1.21. The van der Waals surface area contributed by atoms with Crippen molar-refractivity contribution in [2.75, 3.05) is 19.7 Å². The Bertz CT molecular complexity index is 877. The van der Waals surface area contributed by atoms with E-state index in [1.165, 1.54) is 16.7 Å². The Kier molecular flexibility index (Phi) is 4.99. The van der Waals surface area contributed by atoms with E-state index in [1.807, 2.05) is 6.92 Å². The van der Waals surface area contributed by atoms with Crippen LogP contribution >= 0.6 is 11.6 Å². The largest absolute Gasteiger partial charge is 0.476 e. The number of rotatable bonds is 6. The van der Waals surface area contributed by atoms with Crippen LogP contribution in [0.3, 0.4) is 0 Å². The van der Waals surface area contributed by atoms with Crippen LogP contribution in [0.25, 0.3) is 0 Å². The summed E-state index contributed by atoms with van der Waals surface area (Å²) in [6, 6.07) is 0. The minimum absolute atomic E-state index is 0.109. The highest BCUT2D eigenvalue weighted by molar-refractivity contribution is 7.89. The van der Waals surface area contributed by atoms with Gasteiger partial charge in [-0.2, -0.15) is 14.4 Å². The van der Waals surface area contributed by atoms with Crippen LogP contribution < -0.4 is 4.74 Å². The molecule has 0 radical (unpaired) electrons. The lowest BCUT2D eigenvalue weighted by Gasteiger charge is -2.37. The second kappa shape index (κ2) is 6.89. The highest BCUT2D eigenvalue weighted by atomic mass is 35.5. The predicted molar refractivity (Wildman–Crippen MR) is 92.2 cm³/mol. The van der Waals surface area contributed by atoms with Crippen molar-refractivity contribution in [1.82, 2.24) is 24.1 Å². The van der Waals surface area contributed by atoms with E-state index in [2.05, 4.69) is 15.1 Å². The van der Waals surface area contributed by atoms with Gasteiger partial charge in [-0.05, 0) is 20.8 Å². The van der Waals surface area contributed by atoms with E-state index in [0.29, 0.717) is 48.4 Å². The molecule has 136 valence electrons. The molecule has 0 aromatic carbocycles. The lowest BCUT2D eigenvalue weighted by Crippen LogP contribution is -2.52. The van der Waals surface area contributed by atoms with Crippen molar-refractivity contribution >= 4 is 21.6 Å². The molecule has 0 saturated carbocycles. The van der Waals surface area contributed by atoms with E-state index in [0.717, 1.165) is 0 Å². The maximum atomic E-state index is 12.8. The number of hydrogen-bond donors (Lipinski definition) is 0. The Morgan fingerprint density at radius 1 is 1.32 bits per heavy atom. The highest BCUT2D eigenvalue weighted by Gasteiger charge is 2.39. The zero-order valence-electron chi connectivity index (χ0n) is 14.3. The molecule has 1 aliphatic rings. The van der Waals surface area contributed by atoms with Crippen molar-refractivity contribution in [1.29, 1.82) is 0 Å². The van der Waals surface area contributed by atoms with Gasteiger partial charge in [0.1, 0.15) is 4.90 Å². The first-order chi connectivity index (χ1) is 11.8. The molecule has 0 aliphatic carbocycles. The third kappa shape index (κ3) is 3.49. The van der Waals surface area contributed by atoms with Crippen LogP contribution in [-0.2, 0) is 16.6 Å². The zero-order chi connectivity index (χ0) is 18.2. The van der Waals surface area contributed by atoms with Crippen LogP contribution in [0, 0.1) is 19.8 Å². The standard InChI is InChI=1S/C15H20ClN5O3S/c1-4-21-11(3)15(10(2)19-21)25(22,23)20-7-12(8-20)9-24-14-6-17-5-13(16)18-14/h5-6,12H,4,7-9H2,1-3H3. The number of hydrogen-bond acceptors (Lipinski definition) is 6. The first-order valence-electron chi connectivity index (χ1n) is 7.97. The molecule has 0 bridgehead atoms. The van der Waals surface area contributed by atoms with E-state index in [4.69, 9.17) is 16.3 Å². The van der Waals surface area contributed by atoms with Crippen molar-refractivity contribution in [2.24, 2.45) is 5.92 Å². The van der Waals surface area contributed by atoms with Gasteiger partial charge in [-0.1, -0.05) is 11.6 Å². The summed E-state index contributed by atoms with van der Waals surface area (Å²) < 4.78 is 34.4. The molecule has 0 spiro atoms. The maximum Gasteiger partial charge on any atom is 0.246 e. The molecule has 1 aliphatic heterocycles. The molecule has 0 unspecified atom stereocenters. The average Bonchev–Trinajstić information content (AvgIpc) is 2.80. The summed E-state index contributed by atoms with van der Waals surface area (Å²) in [7, 11) is -3.53.